The van der Waals surface area contributed by atoms with Gasteiger partial charge in [0.05, 0.1) is 24.4 Å². The first-order chi connectivity index (χ1) is 17.7. The van der Waals surface area contributed by atoms with Gasteiger partial charge < -0.3 is 14.6 Å². The molecule has 1 N–H and O–H groups in total. The number of carbonyl (C=O) groups is 3. The van der Waals surface area contributed by atoms with E-state index in [9.17, 15) is 23.9 Å². The quantitative estimate of drug-likeness (QED) is 0.155. The maximum atomic E-state index is 13.7. The molecular formula is C27H23FN2O6S. The second kappa shape index (κ2) is 10.4. The number of carbonyl (C=O) groups excluding carboxylic acids is 3. The third kappa shape index (κ3) is 4.75. The number of thiazole rings is 1. The van der Waals surface area contributed by atoms with Crippen LogP contribution in [0.1, 0.15) is 38.1 Å². The van der Waals surface area contributed by atoms with Crippen molar-refractivity contribution in [1.82, 2.24) is 4.98 Å². The van der Waals surface area contributed by atoms with E-state index in [4.69, 9.17) is 9.47 Å². The normalized spacial score (nSPS) is 16.6. The molecule has 37 heavy (non-hydrogen) atoms. The Morgan fingerprint density at radius 2 is 1.92 bits per heavy atom. The van der Waals surface area contributed by atoms with Crippen molar-refractivity contribution in [1.29, 1.82) is 0 Å². The number of esters is 1. The van der Waals surface area contributed by atoms with Crippen LogP contribution in [0.15, 0.2) is 60.7 Å². The van der Waals surface area contributed by atoms with Gasteiger partial charge in [-0.15, -0.1) is 0 Å². The SMILES string of the molecule is C=CCOc1ccc(C(O)=C2C(=O)C(=O)N(c3nc(C)c(C(=O)OC)s3)C2c2ccc(F)cc2)cc1C. The van der Waals surface area contributed by atoms with Gasteiger partial charge in [0.15, 0.2) is 5.13 Å². The number of nitrogens with zero attached hydrogens (tertiary/aromatic N) is 2. The number of amides is 1. The summed E-state index contributed by atoms with van der Waals surface area (Å²) in [5, 5.41) is 11.4. The zero-order valence-electron chi connectivity index (χ0n) is 20.3. The molecule has 0 aliphatic carbocycles. The van der Waals surface area contributed by atoms with Gasteiger partial charge in [0, 0.05) is 5.56 Å². The van der Waals surface area contributed by atoms with Gasteiger partial charge in [-0.05, 0) is 55.3 Å². The first-order valence-corrected chi connectivity index (χ1v) is 12.0. The number of aromatic nitrogens is 1. The smallest absolute Gasteiger partial charge is 0.350 e. The Hall–Kier alpha value is -4.31. The first kappa shape index (κ1) is 25.8. The van der Waals surface area contributed by atoms with Gasteiger partial charge in [-0.1, -0.05) is 36.1 Å². The van der Waals surface area contributed by atoms with Crippen molar-refractivity contribution in [2.24, 2.45) is 0 Å². The van der Waals surface area contributed by atoms with E-state index >= 15 is 0 Å². The number of hydrogen-bond acceptors (Lipinski definition) is 8. The molecule has 0 bridgehead atoms. The third-order valence-corrected chi connectivity index (χ3v) is 6.93. The van der Waals surface area contributed by atoms with Crippen LogP contribution in [0.3, 0.4) is 0 Å². The molecule has 0 saturated carbocycles. The summed E-state index contributed by atoms with van der Waals surface area (Å²) >= 11 is 0.883. The van der Waals surface area contributed by atoms with Gasteiger partial charge in [-0.2, -0.15) is 0 Å². The molecule has 1 amide bonds. The summed E-state index contributed by atoms with van der Waals surface area (Å²) in [5.74, 6) is -2.86. The van der Waals surface area contributed by atoms with E-state index in [2.05, 4.69) is 11.6 Å². The third-order valence-electron chi connectivity index (χ3n) is 5.80. The van der Waals surface area contributed by atoms with E-state index in [0.717, 1.165) is 16.2 Å². The monoisotopic (exact) mass is 522 g/mol. The molecule has 0 radical (unpaired) electrons. The van der Waals surface area contributed by atoms with Crippen molar-refractivity contribution in [3.05, 3.63) is 93.8 Å². The zero-order chi connectivity index (χ0) is 26.9. The lowest BCUT2D eigenvalue weighted by molar-refractivity contribution is -0.132. The van der Waals surface area contributed by atoms with E-state index < -0.39 is 35.3 Å². The minimum atomic E-state index is -1.12. The molecule has 1 aromatic heterocycles. The highest BCUT2D eigenvalue weighted by Crippen LogP contribution is 2.44. The number of hydrogen-bond donors (Lipinski definition) is 1. The lowest BCUT2D eigenvalue weighted by Crippen LogP contribution is -2.29. The minimum absolute atomic E-state index is 0.0673. The van der Waals surface area contributed by atoms with Crippen LogP contribution >= 0.6 is 11.3 Å². The van der Waals surface area contributed by atoms with Crippen LogP contribution in [0, 0.1) is 19.7 Å². The zero-order valence-corrected chi connectivity index (χ0v) is 21.1. The van der Waals surface area contributed by atoms with Crippen LogP contribution in [0.5, 0.6) is 5.75 Å². The maximum absolute atomic E-state index is 13.7. The van der Waals surface area contributed by atoms with E-state index in [1.807, 2.05) is 0 Å². The Morgan fingerprint density at radius 3 is 2.54 bits per heavy atom. The fourth-order valence-corrected chi connectivity index (χ4v) is 5.03. The average molecular weight is 523 g/mol. The van der Waals surface area contributed by atoms with Gasteiger partial charge in [-0.25, -0.2) is 14.2 Å². The molecule has 1 aliphatic heterocycles. The van der Waals surface area contributed by atoms with Crippen molar-refractivity contribution >= 4 is 39.9 Å². The summed E-state index contributed by atoms with van der Waals surface area (Å²) in [6, 6.07) is 8.95. The summed E-state index contributed by atoms with van der Waals surface area (Å²) < 4.78 is 24.1. The van der Waals surface area contributed by atoms with Crippen LogP contribution in [0.25, 0.3) is 5.76 Å². The second-order valence-electron chi connectivity index (χ2n) is 8.20. The molecule has 0 spiro atoms. The predicted molar refractivity (Wildman–Crippen MR) is 136 cm³/mol. The number of aryl methyl sites for hydroxylation is 2. The molecule has 3 aromatic rings. The number of benzene rings is 2. The molecule has 1 fully saturated rings. The summed E-state index contributed by atoms with van der Waals surface area (Å²) in [5.41, 5.74) is 1.48. The molecule has 4 rings (SSSR count). The van der Waals surface area contributed by atoms with E-state index in [1.54, 1.807) is 38.1 Å². The topological polar surface area (TPSA) is 106 Å². The predicted octanol–water partition coefficient (Wildman–Crippen LogP) is 4.88. The number of rotatable bonds is 7. The van der Waals surface area contributed by atoms with E-state index in [1.165, 1.54) is 31.4 Å². The molecule has 10 heteroatoms. The average Bonchev–Trinajstić information content (AvgIpc) is 3.39. The van der Waals surface area contributed by atoms with Gasteiger partial charge >= 0.3 is 11.9 Å². The Balaban J connectivity index is 1.89. The number of methoxy groups -OCH3 is 1. The fraction of sp³-hybridized carbons (Fsp3) is 0.185. The molecule has 8 nitrogen and oxygen atoms in total. The minimum Gasteiger partial charge on any atom is -0.507 e. The van der Waals surface area contributed by atoms with Crippen molar-refractivity contribution in [3.8, 4) is 5.75 Å². The molecule has 2 aromatic carbocycles. The maximum Gasteiger partial charge on any atom is 0.350 e. The first-order valence-electron chi connectivity index (χ1n) is 11.1. The van der Waals surface area contributed by atoms with Gasteiger partial charge in [0.25, 0.3) is 5.78 Å². The second-order valence-corrected chi connectivity index (χ2v) is 9.18. The van der Waals surface area contributed by atoms with Crippen molar-refractivity contribution in [2.75, 3.05) is 18.6 Å². The number of anilines is 1. The summed E-state index contributed by atoms with van der Waals surface area (Å²) in [6.07, 6.45) is 1.60. The Kier molecular flexibility index (Phi) is 7.21. The highest BCUT2D eigenvalue weighted by Gasteiger charge is 2.48. The fourth-order valence-electron chi connectivity index (χ4n) is 4.02. The largest absolute Gasteiger partial charge is 0.507 e. The highest BCUT2D eigenvalue weighted by atomic mass is 32.1. The van der Waals surface area contributed by atoms with Crippen molar-refractivity contribution < 1.29 is 33.4 Å². The Morgan fingerprint density at radius 1 is 1.22 bits per heavy atom. The van der Waals surface area contributed by atoms with E-state index in [-0.39, 0.29) is 15.6 Å². The van der Waals surface area contributed by atoms with Crippen LogP contribution < -0.4 is 9.64 Å². The van der Waals surface area contributed by atoms with Gasteiger partial charge in [0.1, 0.15) is 28.8 Å². The number of halogens is 1. The molecule has 1 aliphatic rings. The lowest BCUT2D eigenvalue weighted by atomic mass is 9.95. The van der Waals surface area contributed by atoms with Crippen LogP contribution in [-0.2, 0) is 14.3 Å². The van der Waals surface area contributed by atoms with Gasteiger partial charge in [-0.3, -0.25) is 14.5 Å². The van der Waals surface area contributed by atoms with Crippen LogP contribution in [0.4, 0.5) is 9.52 Å². The highest BCUT2D eigenvalue weighted by molar-refractivity contribution is 7.17. The van der Waals surface area contributed by atoms with Crippen LogP contribution in [0.2, 0.25) is 0 Å². The van der Waals surface area contributed by atoms with Crippen LogP contribution in [-0.4, -0.2) is 41.5 Å². The molecule has 1 atom stereocenters. The number of aliphatic hydroxyl groups excluding tert-OH is 1. The standard InChI is InChI=1S/C27H23FN2O6S/c1-5-12-36-19-11-8-17(13-14(19)2)22(31)20-21(16-6-9-18(28)10-7-16)30(25(33)23(20)32)27-29-15(3)24(37-27)26(34)35-4/h5-11,13,21,31H,1,12H2,2-4H3. The summed E-state index contributed by atoms with van der Waals surface area (Å²) in [6.45, 7) is 7.26. The Bertz CT molecular complexity index is 1440. The molecule has 190 valence electrons. The lowest BCUT2D eigenvalue weighted by Gasteiger charge is -2.23. The molecular weight excluding hydrogens is 499 g/mol. The molecule has 1 unspecified atom stereocenters. The molecule has 2 heterocycles. The number of ketones is 1. The number of aliphatic hydroxyl groups is 1. The number of ether oxygens (including phenoxy) is 2. The molecule has 1 saturated heterocycles. The summed E-state index contributed by atoms with van der Waals surface area (Å²) in [4.78, 5) is 44.3. The van der Waals surface area contributed by atoms with E-state index in [0.29, 0.717) is 34.7 Å². The Labute approximate surface area is 216 Å². The number of Topliss-reactive ketones (excluding diaryl/α,β-unsaturated/α-hetero) is 1. The summed E-state index contributed by atoms with van der Waals surface area (Å²) in [7, 11) is 1.22. The van der Waals surface area contributed by atoms with Crippen molar-refractivity contribution in [3.63, 3.8) is 0 Å². The van der Waals surface area contributed by atoms with Gasteiger partial charge in [0.2, 0.25) is 0 Å². The van der Waals surface area contributed by atoms with Crippen molar-refractivity contribution in [2.45, 2.75) is 19.9 Å².